The van der Waals surface area contributed by atoms with Crippen molar-refractivity contribution in [3.05, 3.63) is 18.5 Å². The van der Waals surface area contributed by atoms with E-state index in [1.54, 1.807) is 39.2 Å². The van der Waals surface area contributed by atoms with E-state index in [2.05, 4.69) is 15.8 Å². The van der Waals surface area contributed by atoms with Crippen LogP contribution in [-0.2, 0) is 35.2 Å². The average molecular weight is 597 g/mol. The lowest BCUT2D eigenvalue weighted by molar-refractivity contribution is -0.158. The molecule has 214 valence electrons. The first kappa shape index (κ1) is 32.1. The summed E-state index contributed by atoms with van der Waals surface area (Å²) in [6, 6.07) is -0.180. The van der Waals surface area contributed by atoms with E-state index in [-0.39, 0.29) is 18.9 Å². The third kappa shape index (κ3) is 11.0. The van der Waals surface area contributed by atoms with Crippen molar-refractivity contribution >= 4 is 58.6 Å². The number of halogens is 3. The number of nitrogens with one attached hydrogen (secondary N) is 2. The summed E-state index contributed by atoms with van der Waals surface area (Å²) in [5.74, 6) is -3.04. The predicted octanol–water partition coefficient (Wildman–Crippen LogP) is 2.78. The summed E-state index contributed by atoms with van der Waals surface area (Å²) in [6.07, 6.45) is 3.99. The van der Waals surface area contributed by atoms with Gasteiger partial charge < -0.3 is 14.8 Å². The van der Waals surface area contributed by atoms with Gasteiger partial charge in [-0.2, -0.15) is 5.10 Å². The molecule has 2 amide bonds. The molecule has 2 heterocycles. The third-order valence-corrected chi connectivity index (χ3v) is 5.93. The number of rotatable bonds is 10. The Balaban J connectivity index is 2.15. The van der Waals surface area contributed by atoms with Gasteiger partial charge in [0.25, 0.3) is 5.91 Å². The maximum atomic E-state index is 13.5. The third-order valence-electron chi connectivity index (χ3n) is 5.61. The van der Waals surface area contributed by atoms with Crippen LogP contribution in [0.1, 0.15) is 53.9 Å². The summed E-state index contributed by atoms with van der Waals surface area (Å²) >= 11 is 17.0. The summed E-state index contributed by atoms with van der Waals surface area (Å²) in [5.41, 5.74) is 2.17. The van der Waals surface area contributed by atoms with Gasteiger partial charge in [-0.1, -0.05) is 48.7 Å². The second-order valence-electron chi connectivity index (χ2n) is 10.5. The Morgan fingerprint density at radius 1 is 1.18 bits per heavy atom. The van der Waals surface area contributed by atoms with Crippen LogP contribution in [0.25, 0.3) is 0 Å². The fraction of sp³-hybridized carbons (Fsp3) is 0.708. The van der Waals surface area contributed by atoms with Crippen LogP contribution in [0.5, 0.6) is 0 Å². The van der Waals surface area contributed by atoms with Crippen LogP contribution < -0.4 is 10.7 Å². The molecule has 0 radical (unpaired) electrons. The highest BCUT2D eigenvalue weighted by molar-refractivity contribution is 6.67. The molecule has 1 aliphatic rings. The Hall–Kier alpha value is -2.08. The topological polar surface area (TPSA) is 132 Å². The van der Waals surface area contributed by atoms with Gasteiger partial charge in [0, 0.05) is 18.9 Å². The minimum absolute atomic E-state index is 0.0371. The summed E-state index contributed by atoms with van der Waals surface area (Å²) in [7, 11) is 0. The number of hydrogen-bond acceptors (Lipinski definition) is 8. The smallest absolute Gasteiger partial charge is 0.325 e. The fourth-order valence-electron chi connectivity index (χ4n) is 3.81. The Labute approximate surface area is 237 Å². The Morgan fingerprint density at radius 3 is 2.42 bits per heavy atom. The fourth-order valence-corrected chi connectivity index (χ4v) is 3.97. The van der Waals surface area contributed by atoms with E-state index in [1.807, 2.05) is 13.8 Å². The Morgan fingerprint density at radius 2 is 1.87 bits per heavy atom. The highest BCUT2D eigenvalue weighted by Gasteiger charge is 2.36. The highest BCUT2D eigenvalue weighted by atomic mass is 35.6. The van der Waals surface area contributed by atoms with Crippen LogP contribution in [0.3, 0.4) is 0 Å². The number of hydrazine groups is 1. The van der Waals surface area contributed by atoms with E-state index in [4.69, 9.17) is 44.3 Å². The van der Waals surface area contributed by atoms with Crippen LogP contribution in [0.4, 0.5) is 0 Å². The van der Waals surface area contributed by atoms with E-state index >= 15 is 0 Å². The summed E-state index contributed by atoms with van der Waals surface area (Å²) in [6.45, 7) is 8.78. The number of alkyl halides is 3. The molecule has 3 atom stereocenters. The van der Waals surface area contributed by atoms with Gasteiger partial charge in [-0.3, -0.25) is 28.9 Å². The molecule has 0 spiro atoms. The van der Waals surface area contributed by atoms with Crippen molar-refractivity contribution < 1.29 is 28.7 Å². The van der Waals surface area contributed by atoms with Gasteiger partial charge in [-0.05, 0) is 45.6 Å². The molecule has 2 rings (SSSR count). The monoisotopic (exact) mass is 595 g/mol. The summed E-state index contributed by atoms with van der Waals surface area (Å²) in [5, 5.41) is 8.20. The van der Waals surface area contributed by atoms with Crippen molar-refractivity contribution in [3.63, 3.8) is 0 Å². The van der Waals surface area contributed by atoms with Crippen molar-refractivity contribution in [1.29, 1.82) is 0 Å². The number of hydrogen-bond donors (Lipinski definition) is 2. The minimum Gasteiger partial charge on any atom is -0.460 e. The van der Waals surface area contributed by atoms with Gasteiger partial charge in [0.15, 0.2) is 0 Å². The standard InChI is InChI=1S/C24H36Cl3N5O6/c1-15(2)16(12-19(33)38-23(3,4)5)20(34)29-18(13-31-10-7-9-28-31)21(35)32-11-6-8-17(30-32)22(36)37-14-24(25,26)27/h7,9-10,15-18,30H,6,8,11-14H2,1-5H3,(H,29,34)/t16-,17-,18?/m0/s1. The molecule has 1 aliphatic heterocycles. The molecule has 1 saturated heterocycles. The first-order chi connectivity index (χ1) is 17.6. The van der Waals surface area contributed by atoms with Gasteiger partial charge in [-0.15, -0.1) is 0 Å². The zero-order chi connectivity index (χ0) is 28.7. The van der Waals surface area contributed by atoms with Gasteiger partial charge in [0.05, 0.1) is 18.9 Å². The largest absolute Gasteiger partial charge is 0.460 e. The van der Waals surface area contributed by atoms with E-state index in [9.17, 15) is 19.2 Å². The maximum absolute atomic E-state index is 13.5. The molecule has 1 aromatic rings. The van der Waals surface area contributed by atoms with Gasteiger partial charge in [0.1, 0.15) is 24.3 Å². The number of nitrogens with zero attached hydrogens (tertiary/aromatic N) is 3. The number of ether oxygens (including phenoxy) is 2. The van der Waals surface area contributed by atoms with Crippen LogP contribution in [0.2, 0.25) is 0 Å². The number of carbonyl (C=O) groups is 4. The van der Waals surface area contributed by atoms with Crippen molar-refractivity contribution in [2.24, 2.45) is 11.8 Å². The molecule has 0 aliphatic carbocycles. The first-order valence-corrected chi connectivity index (χ1v) is 13.5. The maximum Gasteiger partial charge on any atom is 0.325 e. The first-order valence-electron chi connectivity index (χ1n) is 12.4. The zero-order valence-electron chi connectivity index (χ0n) is 22.2. The highest BCUT2D eigenvalue weighted by Crippen LogP contribution is 2.26. The average Bonchev–Trinajstić information content (AvgIpc) is 3.31. The second kappa shape index (κ2) is 13.8. The lowest BCUT2D eigenvalue weighted by Gasteiger charge is -2.35. The van der Waals surface area contributed by atoms with Crippen molar-refractivity contribution in [3.8, 4) is 0 Å². The number of carbonyl (C=O) groups excluding carboxylic acids is 4. The quantitative estimate of drug-likeness (QED) is 0.311. The Kier molecular flexibility index (Phi) is 11.7. The molecule has 0 bridgehead atoms. The summed E-state index contributed by atoms with van der Waals surface area (Å²) in [4.78, 5) is 51.8. The SMILES string of the molecule is CC(C)[C@H](CC(=O)OC(C)(C)C)C(=O)NC(Cn1cccn1)C(=O)N1CCC[C@@H](C(=O)OCC(Cl)(Cl)Cl)N1. The lowest BCUT2D eigenvalue weighted by Crippen LogP contribution is -2.61. The zero-order valence-corrected chi connectivity index (χ0v) is 24.5. The molecule has 0 aromatic carbocycles. The van der Waals surface area contributed by atoms with Crippen LogP contribution >= 0.6 is 34.8 Å². The summed E-state index contributed by atoms with van der Waals surface area (Å²) < 4.78 is 10.2. The molecule has 2 N–H and O–H groups in total. The molecule has 1 fully saturated rings. The molecular formula is C24H36Cl3N5O6. The van der Waals surface area contributed by atoms with Crippen LogP contribution in [0, 0.1) is 11.8 Å². The van der Waals surface area contributed by atoms with Crippen molar-refractivity contribution in [2.75, 3.05) is 13.2 Å². The van der Waals surface area contributed by atoms with Crippen molar-refractivity contribution in [1.82, 2.24) is 25.5 Å². The number of esters is 2. The minimum atomic E-state index is -1.76. The Bertz CT molecular complexity index is 962. The molecule has 1 unspecified atom stereocenters. The number of amides is 2. The molecule has 0 saturated carbocycles. The molecule has 38 heavy (non-hydrogen) atoms. The lowest BCUT2D eigenvalue weighted by atomic mass is 9.91. The molecular weight excluding hydrogens is 561 g/mol. The molecule has 1 aromatic heterocycles. The molecule has 11 nitrogen and oxygen atoms in total. The van der Waals surface area contributed by atoms with Crippen LogP contribution in [-0.4, -0.2) is 73.2 Å². The predicted molar refractivity (Wildman–Crippen MR) is 142 cm³/mol. The van der Waals surface area contributed by atoms with E-state index < -0.39 is 57.8 Å². The van der Waals surface area contributed by atoms with Crippen molar-refractivity contribution in [2.45, 2.75) is 81.9 Å². The van der Waals surface area contributed by atoms with E-state index in [0.29, 0.717) is 19.4 Å². The van der Waals surface area contributed by atoms with Gasteiger partial charge in [0.2, 0.25) is 9.70 Å². The normalized spacial score (nSPS) is 18.0. The van der Waals surface area contributed by atoms with Crippen LogP contribution in [0.15, 0.2) is 18.5 Å². The molecule has 14 heteroatoms. The number of aromatic nitrogens is 2. The van der Waals surface area contributed by atoms with Gasteiger partial charge >= 0.3 is 11.9 Å². The van der Waals surface area contributed by atoms with Gasteiger partial charge in [-0.25, -0.2) is 5.43 Å². The van der Waals surface area contributed by atoms with E-state index in [1.165, 1.54) is 9.69 Å². The van der Waals surface area contributed by atoms with E-state index in [0.717, 1.165) is 0 Å². The second-order valence-corrected chi connectivity index (χ2v) is 13.0.